The number of hydrogen-bond acceptors (Lipinski definition) is 4. The maximum atomic E-state index is 12.7. The van der Waals surface area contributed by atoms with Crippen LogP contribution < -0.4 is 15.4 Å². The molecule has 1 aliphatic heterocycles. The van der Waals surface area contributed by atoms with Crippen molar-refractivity contribution in [3.63, 3.8) is 0 Å². The Morgan fingerprint density at radius 1 is 1.03 bits per heavy atom. The van der Waals surface area contributed by atoms with E-state index < -0.39 is 0 Å². The number of benzene rings is 3. The zero-order valence-corrected chi connectivity index (χ0v) is 19.3. The molecule has 2 N–H and O–H groups in total. The molecular weight excluding hydrogens is 412 g/mol. The molecule has 0 radical (unpaired) electrons. The van der Waals surface area contributed by atoms with Crippen LogP contribution in [0.25, 0.3) is 11.1 Å². The highest BCUT2D eigenvalue weighted by atomic mass is 16.5. The van der Waals surface area contributed by atoms with E-state index in [0.29, 0.717) is 18.2 Å². The highest BCUT2D eigenvalue weighted by Gasteiger charge is 2.21. The Morgan fingerprint density at radius 2 is 1.79 bits per heavy atom. The molecule has 1 amide bonds. The number of aryl methyl sites for hydroxylation is 1. The Balaban J connectivity index is 1.31. The van der Waals surface area contributed by atoms with E-state index in [2.05, 4.69) is 41.0 Å². The highest BCUT2D eigenvalue weighted by Crippen LogP contribution is 2.30. The largest absolute Gasteiger partial charge is 0.491 e. The lowest BCUT2D eigenvalue weighted by Crippen LogP contribution is -2.37. The van der Waals surface area contributed by atoms with Gasteiger partial charge in [-0.15, -0.1) is 0 Å². The van der Waals surface area contributed by atoms with Gasteiger partial charge in [0.1, 0.15) is 18.6 Å². The molecule has 0 bridgehead atoms. The SMILES string of the molecule is CN[C@@H]1COc2c(CCCC(NC(=O)c3ccc(-c4ccccc4)cc3)OC)cccc2C1. The summed E-state index contributed by atoms with van der Waals surface area (Å²) in [6, 6.07) is 24.5. The Morgan fingerprint density at radius 3 is 2.52 bits per heavy atom. The second-order valence-electron chi connectivity index (χ2n) is 8.44. The predicted octanol–water partition coefficient (Wildman–Crippen LogP) is 4.60. The summed E-state index contributed by atoms with van der Waals surface area (Å²) in [5.41, 5.74) is 5.33. The molecule has 1 unspecified atom stereocenters. The number of nitrogens with one attached hydrogen (secondary N) is 2. The van der Waals surface area contributed by atoms with Crippen LogP contribution in [0.5, 0.6) is 5.75 Å². The molecule has 4 rings (SSSR count). The average Bonchev–Trinajstić information content (AvgIpc) is 2.88. The molecule has 3 aromatic carbocycles. The maximum Gasteiger partial charge on any atom is 0.253 e. The molecule has 1 aliphatic rings. The first kappa shape index (κ1) is 23.0. The molecule has 0 aromatic heterocycles. The van der Waals surface area contributed by atoms with Gasteiger partial charge in [-0.05, 0) is 67.1 Å². The van der Waals surface area contributed by atoms with Crippen LogP contribution in [0.15, 0.2) is 72.8 Å². The van der Waals surface area contributed by atoms with Crippen molar-refractivity contribution in [2.45, 2.75) is 38.0 Å². The lowest BCUT2D eigenvalue weighted by Gasteiger charge is -2.27. The summed E-state index contributed by atoms with van der Waals surface area (Å²) in [6.07, 6.45) is 3.16. The first-order chi connectivity index (χ1) is 16.2. The summed E-state index contributed by atoms with van der Waals surface area (Å²) in [5.74, 6) is 0.903. The van der Waals surface area contributed by atoms with Gasteiger partial charge in [0.25, 0.3) is 5.91 Å². The molecule has 0 fully saturated rings. The van der Waals surface area contributed by atoms with Crippen LogP contribution in [0.4, 0.5) is 0 Å². The van der Waals surface area contributed by atoms with Crippen LogP contribution in [-0.4, -0.2) is 38.9 Å². The van der Waals surface area contributed by atoms with Gasteiger partial charge < -0.3 is 20.1 Å². The van der Waals surface area contributed by atoms with Crippen molar-refractivity contribution in [1.82, 2.24) is 10.6 Å². The van der Waals surface area contributed by atoms with Gasteiger partial charge in [-0.25, -0.2) is 0 Å². The van der Waals surface area contributed by atoms with Gasteiger partial charge in [0, 0.05) is 18.7 Å². The molecule has 3 aromatic rings. The van der Waals surface area contributed by atoms with Gasteiger partial charge >= 0.3 is 0 Å². The van der Waals surface area contributed by atoms with Crippen molar-refractivity contribution in [1.29, 1.82) is 0 Å². The number of carbonyl (C=O) groups is 1. The van der Waals surface area contributed by atoms with E-state index in [4.69, 9.17) is 9.47 Å². The van der Waals surface area contributed by atoms with Crippen molar-refractivity contribution >= 4 is 5.91 Å². The molecule has 0 saturated heterocycles. The number of hydrogen-bond donors (Lipinski definition) is 2. The molecular formula is C28H32N2O3. The number of rotatable bonds is 9. The minimum absolute atomic E-state index is 0.125. The topological polar surface area (TPSA) is 59.6 Å². The van der Waals surface area contributed by atoms with Gasteiger partial charge in [-0.1, -0.05) is 60.7 Å². The van der Waals surface area contributed by atoms with E-state index >= 15 is 0 Å². The molecule has 1 heterocycles. The minimum atomic E-state index is -0.333. The summed E-state index contributed by atoms with van der Waals surface area (Å²) >= 11 is 0. The zero-order chi connectivity index (χ0) is 23.0. The Kier molecular flexibility index (Phi) is 7.76. The fraction of sp³-hybridized carbons (Fsp3) is 0.321. The molecule has 172 valence electrons. The third-order valence-electron chi connectivity index (χ3n) is 6.22. The van der Waals surface area contributed by atoms with Crippen LogP contribution in [0.3, 0.4) is 0 Å². The van der Waals surface area contributed by atoms with E-state index in [0.717, 1.165) is 42.6 Å². The predicted molar refractivity (Wildman–Crippen MR) is 132 cm³/mol. The first-order valence-corrected chi connectivity index (χ1v) is 11.6. The quantitative estimate of drug-likeness (QED) is 0.474. The lowest BCUT2D eigenvalue weighted by molar-refractivity contribution is 0.0529. The van der Waals surface area contributed by atoms with Crippen LogP contribution in [0.2, 0.25) is 0 Å². The van der Waals surface area contributed by atoms with Crippen LogP contribution in [-0.2, 0) is 17.6 Å². The van der Waals surface area contributed by atoms with Crippen molar-refractivity contribution in [2.75, 3.05) is 20.8 Å². The van der Waals surface area contributed by atoms with E-state index in [9.17, 15) is 4.79 Å². The Hall–Kier alpha value is -3.15. The number of ether oxygens (including phenoxy) is 2. The fourth-order valence-electron chi connectivity index (χ4n) is 4.28. The van der Waals surface area contributed by atoms with Crippen molar-refractivity contribution in [3.05, 3.63) is 89.5 Å². The average molecular weight is 445 g/mol. The van der Waals surface area contributed by atoms with Gasteiger partial charge in [-0.3, -0.25) is 4.79 Å². The monoisotopic (exact) mass is 444 g/mol. The number of para-hydroxylation sites is 1. The fourth-order valence-corrected chi connectivity index (χ4v) is 4.28. The normalized spacial score (nSPS) is 15.9. The smallest absolute Gasteiger partial charge is 0.253 e. The Labute approximate surface area is 196 Å². The first-order valence-electron chi connectivity index (χ1n) is 11.6. The third kappa shape index (κ3) is 5.81. The summed E-state index contributed by atoms with van der Waals surface area (Å²) in [7, 11) is 3.61. The summed E-state index contributed by atoms with van der Waals surface area (Å²) < 4.78 is 11.6. The van der Waals surface area contributed by atoms with Crippen LogP contribution in [0.1, 0.15) is 34.3 Å². The molecule has 5 nitrogen and oxygen atoms in total. The molecule has 5 heteroatoms. The van der Waals surface area contributed by atoms with Crippen molar-refractivity contribution in [2.24, 2.45) is 0 Å². The number of amides is 1. The Bertz CT molecular complexity index is 1050. The molecule has 2 atom stereocenters. The standard InChI is InChI=1S/C28H32N2O3/c1-29-25-18-24-12-6-10-22(27(24)33-19-25)11-7-13-26(32-2)30-28(31)23-16-14-21(15-17-23)20-8-4-3-5-9-20/h3-6,8-10,12,14-17,25-26,29H,7,11,13,18-19H2,1-2H3,(H,30,31)/t25-,26?/m0/s1. The zero-order valence-electron chi connectivity index (χ0n) is 19.3. The van der Waals surface area contributed by atoms with Gasteiger partial charge in [0.05, 0.1) is 0 Å². The number of fused-ring (bicyclic) bond motifs is 1. The summed E-state index contributed by atoms with van der Waals surface area (Å²) in [5, 5.41) is 6.29. The third-order valence-corrected chi connectivity index (χ3v) is 6.22. The van der Waals surface area contributed by atoms with E-state index in [1.807, 2.05) is 49.5 Å². The maximum absolute atomic E-state index is 12.7. The van der Waals surface area contributed by atoms with E-state index in [-0.39, 0.29) is 12.1 Å². The van der Waals surface area contributed by atoms with Gasteiger partial charge in [0.15, 0.2) is 0 Å². The second-order valence-corrected chi connectivity index (χ2v) is 8.44. The van der Waals surface area contributed by atoms with Gasteiger partial charge in [-0.2, -0.15) is 0 Å². The lowest BCUT2D eigenvalue weighted by atomic mass is 9.97. The minimum Gasteiger partial charge on any atom is -0.491 e. The second kappa shape index (κ2) is 11.1. The summed E-state index contributed by atoms with van der Waals surface area (Å²) in [6.45, 7) is 0.695. The molecule has 0 spiro atoms. The van der Waals surface area contributed by atoms with Crippen LogP contribution >= 0.6 is 0 Å². The number of likely N-dealkylation sites (N-methyl/N-ethyl adjacent to an activating group) is 1. The van der Waals surface area contributed by atoms with E-state index in [1.54, 1.807) is 7.11 Å². The van der Waals surface area contributed by atoms with Crippen molar-refractivity contribution < 1.29 is 14.3 Å². The molecule has 0 saturated carbocycles. The highest BCUT2D eigenvalue weighted by molar-refractivity contribution is 5.94. The van der Waals surface area contributed by atoms with Crippen LogP contribution in [0, 0.1) is 0 Å². The molecule has 33 heavy (non-hydrogen) atoms. The number of methoxy groups -OCH3 is 1. The van der Waals surface area contributed by atoms with Crippen molar-refractivity contribution in [3.8, 4) is 16.9 Å². The molecule has 0 aliphatic carbocycles. The van der Waals surface area contributed by atoms with Gasteiger partial charge in [0.2, 0.25) is 0 Å². The van der Waals surface area contributed by atoms with E-state index in [1.165, 1.54) is 11.1 Å². The number of carbonyl (C=O) groups excluding carboxylic acids is 1. The summed E-state index contributed by atoms with van der Waals surface area (Å²) in [4.78, 5) is 12.7.